The van der Waals surface area contributed by atoms with E-state index in [2.05, 4.69) is 5.32 Å². The quantitative estimate of drug-likeness (QED) is 0.883. The van der Waals surface area contributed by atoms with Crippen LogP contribution in [0.1, 0.15) is 10.4 Å². The van der Waals surface area contributed by atoms with Crippen LogP contribution >= 0.6 is 35.6 Å². The number of benzene rings is 1. The van der Waals surface area contributed by atoms with E-state index in [4.69, 9.17) is 28.9 Å². The molecule has 3 nitrogen and oxygen atoms in total. The fourth-order valence-corrected chi connectivity index (χ4v) is 1.56. The van der Waals surface area contributed by atoms with Gasteiger partial charge in [0.1, 0.15) is 0 Å². The molecule has 3 N–H and O–H groups in total. The maximum Gasteiger partial charge on any atom is 0.254 e. The predicted molar refractivity (Wildman–Crippen MR) is 65.1 cm³/mol. The van der Waals surface area contributed by atoms with Gasteiger partial charge in [-0.25, -0.2) is 0 Å². The van der Waals surface area contributed by atoms with Crippen molar-refractivity contribution in [1.82, 2.24) is 5.32 Å². The molecule has 1 rings (SSSR count). The van der Waals surface area contributed by atoms with Crippen LogP contribution in [0, 0.1) is 0 Å². The molecule has 0 unspecified atom stereocenters. The van der Waals surface area contributed by atoms with Gasteiger partial charge in [-0.3, -0.25) is 4.79 Å². The highest BCUT2D eigenvalue weighted by atomic mass is 35.5. The summed E-state index contributed by atoms with van der Waals surface area (Å²) in [4.78, 5) is 11.5. The molecule has 0 aliphatic rings. The Labute approximate surface area is 104 Å². The van der Waals surface area contributed by atoms with Crippen molar-refractivity contribution in [1.29, 1.82) is 0 Å². The highest BCUT2D eigenvalue weighted by molar-refractivity contribution is 6.39. The fourth-order valence-electron chi connectivity index (χ4n) is 0.989. The Morgan fingerprint density at radius 3 is 2.33 bits per heavy atom. The number of carbonyl (C=O) groups excluding carboxylic acids is 1. The van der Waals surface area contributed by atoms with Crippen molar-refractivity contribution in [2.75, 3.05) is 13.1 Å². The molecule has 1 aromatic carbocycles. The first-order valence-corrected chi connectivity index (χ1v) is 4.84. The molecular weight excluding hydrogens is 258 g/mol. The minimum absolute atomic E-state index is 0. The molecule has 0 atom stereocenters. The van der Waals surface area contributed by atoms with Gasteiger partial charge in [0.2, 0.25) is 0 Å². The number of hydrogen-bond donors (Lipinski definition) is 2. The van der Waals surface area contributed by atoms with Gasteiger partial charge in [0.25, 0.3) is 5.91 Å². The maximum absolute atomic E-state index is 11.5. The summed E-state index contributed by atoms with van der Waals surface area (Å²) in [6.07, 6.45) is 0. The number of amides is 1. The van der Waals surface area contributed by atoms with Crippen molar-refractivity contribution in [3.63, 3.8) is 0 Å². The van der Waals surface area contributed by atoms with Gasteiger partial charge in [-0.15, -0.1) is 12.4 Å². The van der Waals surface area contributed by atoms with E-state index in [9.17, 15) is 4.79 Å². The molecule has 0 spiro atoms. The lowest BCUT2D eigenvalue weighted by Gasteiger charge is -2.06. The molecule has 15 heavy (non-hydrogen) atoms. The van der Waals surface area contributed by atoms with Crippen molar-refractivity contribution >= 4 is 41.5 Å². The maximum atomic E-state index is 11.5. The Kier molecular flexibility index (Phi) is 6.68. The molecule has 0 aliphatic heterocycles. The van der Waals surface area contributed by atoms with Crippen LogP contribution in [0.2, 0.25) is 10.0 Å². The molecule has 0 fully saturated rings. The highest BCUT2D eigenvalue weighted by Gasteiger charge is 2.13. The van der Waals surface area contributed by atoms with E-state index in [0.717, 1.165) is 0 Å². The third-order valence-electron chi connectivity index (χ3n) is 1.62. The average Bonchev–Trinajstić information content (AvgIpc) is 2.14. The van der Waals surface area contributed by atoms with Crippen molar-refractivity contribution in [2.45, 2.75) is 0 Å². The van der Waals surface area contributed by atoms with Crippen LogP contribution in [0.3, 0.4) is 0 Å². The summed E-state index contributed by atoms with van der Waals surface area (Å²) in [7, 11) is 0. The van der Waals surface area contributed by atoms with Gasteiger partial charge < -0.3 is 11.1 Å². The first-order chi connectivity index (χ1) is 6.66. The van der Waals surface area contributed by atoms with Gasteiger partial charge in [0.05, 0.1) is 15.6 Å². The topological polar surface area (TPSA) is 55.1 Å². The zero-order valence-electron chi connectivity index (χ0n) is 7.80. The second-order valence-corrected chi connectivity index (χ2v) is 3.46. The molecule has 0 aliphatic carbocycles. The smallest absolute Gasteiger partial charge is 0.254 e. The summed E-state index contributed by atoms with van der Waals surface area (Å²) in [6.45, 7) is 0.786. The lowest BCUT2D eigenvalue weighted by atomic mass is 10.2. The third-order valence-corrected chi connectivity index (χ3v) is 2.25. The second kappa shape index (κ2) is 6.90. The van der Waals surface area contributed by atoms with Crippen molar-refractivity contribution in [3.05, 3.63) is 33.8 Å². The number of nitrogens with two attached hydrogens (primary N) is 1. The average molecular weight is 270 g/mol. The van der Waals surface area contributed by atoms with Crippen molar-refractivity contribution < 1.29 is 4.79 Å². The van der Waals surface area contributed by atoms with E-state index < -0.39 is 0 Å². The predicted octanol–water partition coefficient (Wildman–Crippen LogP) is 2.10. The van der Waals surface area contributed by atoms with Gasteiger partial charge in [-0.2, -0.15) is 0 Å². The number of hydrogen-bond acceptors (Lipinski definition) is 2. The largest absolute Gasteiger partial charge is 0.351 e. The molecule has 6 heteroatoms. The SMILES string of the molecule is Cl.NCCNC(=O)c1c(Cl)cccc1Cl. The van der Waals surface area contributed by atoms with Gasteiger partial charge in [-0.1, -0.05) is 29.3 Å². The van der Waals surface area contributed by atoms with Crippen LogP contribution in [0.15, 0.2) is 18.2 Å². The van der Waals surface area contributed by atoms with Crippen LogP contribution in [-0.2, 0) is 0 Å². The zero-order chi connectivity index (χ0) is 10.6. The van der Waals surface area contributed by atoms with Crippen molar-refractivity contribution in [2.24, 2.45) is 5.73 Å². The number of nitrogens with one attached hydrogen (secondary N) is 1. The van der Waals surface area contributed by atoms with E-state index in [1.54, 1.807) is 18.2 Å². The van der Waals surface area contributed by atoms with Crippen LogP contribution in [0.25, 0.3) is 0 Å². The summed E-state index contributed by atoms with van der Waals surface area (Å²) < 4.78 is 0. The Balaban J connectivity index is 0.00000196. The van der Waals surface area contributed by atoms with Crippen LogP contribution in [0.4, 0.5) is 0 Å². The molecule has 0 saturated carbocycles. The molecule has 0 saturated heterocycles. The summed E-state index contributed by atoms with van der Waals surface area (Å²) in [5.74, 6) is -0.300. The lowest BCUT2D eigenvalue weighted by molar-refractivity contribution is 0.0955. The number of rotatable bonds is 3. The monoisotopic (exact) mass is 268 g/mol. The third kappa shape index (κ3) is 3.87. The van der Waals surface area contributed by atoms with Crippen LogP contribution in [-0.4, -0.2) is 19.0 Å². The Morgan fingerprint density at radius 1 is 1.33 bits per heavy atom. The Bertz CT molecular complexity index is 324. The van der Waals surface area contributed by atoms with E-state index >= 15 is 0 Å². The summed E-state index contributed by atoms with van der Waals surface area (Å²) >= 11 is 11.7. The zero-order valence-corrected chi connectivity index (χ0v) is 10.1. The minimum atomic E-state index is -0.300. The molecule has 84 valence electrons. The first-order valence-electron chi connectivity index (χ1n) is 4.09. The number of halogens is 3. The van der Waals surface area contributed by atoms with Crippen LogP contribution in [0.5, 0.6) is 0 Å². The molecule has 0 heterocycles. The lowest BCUT2D eigenvalue weighted by Crippen LogP contribution is -2.29. The van der Waals surface area contributed by atoms with Crippen molar-refractivity contribution in [3.8, 4) is 0 Å². The van der Waals surface area contributed by atoms with Gasteiger partial charge >= 0.3 is 0 Å². The minimum Gasteiger partial charge on any atom is -0.351 e. The summed E-state index contributed by atoms with van der Waals surface area (Å²) in [6, 6.07) is 4.92. The molecule has 0 radical (unpaired) electrons. The Morgan fingerprint density at radius 2 is 1.87 bits per heavy atom. The van der Waals surface area contributed by atoms with E-state index in [0.29, 0.717) is 28.7 Å². The molecule has 1 aromatic rings. The standard InChI is InChI=1S/C9H10Cl2N2O.ClH/c10-6-2-1-3-7(11)8(6)9(14)13-5-4-12;/h1-3H,4-5,12H2,(H,13,14);1H. The highest BCUT2D eigenvalue weighted by Crippen LogP contribution is 2.23. The van der Waals surface area contributed by atoms with E-state index in [1.807, 2.05) is 0 Å². The molecule has 1 amide bonds. The van der Waals surface area contributed by atoms with Crippen LogP contribution < -0.4 is 11.1 Å². The van der Waals surface area contributed by atoms with E-state index in [1.165, 1.54) is 0 Å². The van der Waals surface area contributed by atoms with Gasteiger partial charge in [-0.05, 0) is 12.1 Å². The van der Waals surface area contributed by atoms with Gasteiger partial charge in [0, 0.05) is 13.1 Å². The normalized spacial score (nSPS) is 9.27. The molecular formula is C9H11Cl3N2O. The first kappa shape index (κ1) is 14.5. The summed E-state index contributed by atoms with van der Waals surface area (Å²) in [5.41, 5.74) is 5.55. The number of carbonyl (C=O) groups is 1. The van der Waals surface area contributed by atoms with E-state index in [-0.39, 0.29) is 18.3 Å². The fraction of sp³-hybridized carbons (Fsp3) is 0.222. The second-order valence-electron chi connectivity index (χ2n) is 2.64. The van der Waals surface area contributed by atoms with Gasteiger partial charge in [0.15, 0.2) is 0 Å². The Hall–Kier alpha value is -0.480. The molecule has 0 aromatic heterocycles. The molecule has 0 bridgehead atoms. The summed E-state index contributed by atoms with van der Waals surface area (Å²) in [5, 5.41) is 3.28.